The van der Waals surface area contributed by atoms with Crippen LogP contribution in [0.25, 0.3) is 0 Å². The third-order valence-electron chi connectivity index (χ3n) is 4.85. The fourth-order valence-electron chi connectivity index (χ4n) is 3.60. The largest absolute Gasteiger partial charge is 1.00 e. The summed E-state index contributed by atoms with van der Waals surface area (Å²) >= 11 is 0. The second kappa shape index (κ2) is 8.09. The molecule has 13 heteroatoms. The Bertz CT molecular complexity index is 703. The Morgan fingerprint density at radius 3 is 2.58 bits per heavy atom. The molecule has 0 aromatic rings. The molecule has 0 aliphatic carbocycles. The first-order valence-electron chi connectivity index (χ1n) is 7.99. The van der Waals surface area contributed by atoms with E-state index >= 15 is 0 Å². The molecule has 11 nitrogen and oxygen atoms in total. The van der Waals surface area contributed by atoms with Crippen molar-refractivity contribution in [3.63, 3.8) is 0 Å². The van der Waals surface area contributed by atoms with Gasteiger partial charge in [-0.1, -0.05) is 0 Å². The molecule has 3 atom stereocenters. The van der Waals surface area contributed by atoms with Crippen LogP contribution in [0, 0.1) is 11.3 Å². The van der Waals surface area contributed by atoms with Crippen molar-refractivity contribution in [3.05, 3.63) is 0 Å². The Labute approximate surface area is 173 Å². The molecule has 3 aliphatic rings. The van der Waals surface area contributed by atoms with Gasteiger partial charge in [0.05, 0.1) is 18.0 Å². The second-order valence-electron chi connectivity index (χ2n) is 6.64. The first-order valence-corrected chi connectivity index (χ1v) is 9.32. The predicted octanol–water partition coefficient (Wildman–Crippen LogP) is -4.30. The van der Waals surface area contributed by atoms with E-state index in [1.165, 1.54) is 4.90 Å². The Hall–Kier alpha value is -0.760. The number of fused-ring (bicyclic) bond motifs is 2. The summed E-state index contributed by atoms with van der Waals surface area (Å²) in [6.45, 7) is 1.58. The van der Waals surface area contributed by atoms with E-state index in [4.69, 9.17) is 5.41 Å². The normalized spacial score (nSPS) is 28.8. The van der Waals surface area contributed by atoms with Gasteiger partial charge in [-0.2, -0.15) is 9.35 Å². The number of rotatable bonds is 4. The van der Waals surface area contributed by atoms with Crippen molar-refractivity contribution in [2.24, 2.45) is 5.92 Å². The van der Waals surface area contributed by atoms with Crippen molar-refractivity contribution in [1.82, 2.24) is 20.2 Å². The monoisotopic (exact) mass is 397 g/mol. The number of carbonyl (C=O) groups is 2. The summed E-state index contributed by atoms with van der Waals surface area (Å²) in [5, 5.41) is 11.3. The molecule has 3 amide bonds. The first kappa shape index (κ1) is 21.5. The molecule has 0 unspecified atom stereocenters. The smallest absolute Gasteiger partial charge is 0.724 e. The first-order chi connectivity index (χ1) is 11.7. The van der Waals surface area contributed by atoms with E-state index < -0.39 is 28.5 Å². The molecule has 2 N–H and O–H groups in total. The number of hydrogen-bond donors (Lipinski definition) is 2. The summed E-state index contributed by atoms with van der Waals surface area (Å²) in [5.74, 6) is -0.544. The number of hydrogen-bond acceptors (Lipinski definition) is 8. The second-order valence-corrected chi connectivity index (χ2v) is 7.61. The zero-order valence-corrected chi connectivity index (χ0v) is 17.5. The van der Waals surface area contributed by atoms with E-state index in [1.807, 2.05) is 11.9 Å². The van der Waals surface area contributed by atoms with Crippen molar-refractivity contribution >= 4 is 28.2 Å². The van der Waals surface area contributed by atoms with Crippen molar-refractivity contribution in [1.29, 1.82) is 5.41 Å². The van der Waals surface area contributed by atoms with Crippen LogP contribution in [-0.4, -0.2) is 84.4 Å². The Kier molecular flexibility index (Phi) is 6.70. The molecule has 0 aromatic carbocycles. The van der Waals surface area contributed by atoms with Crippen LogP contribution >= 0.6 is 0 Å². The van der Waals surface area contributed by atoms with Gasteiger partial charge in [-0.3, -0.25) is 10.2 Å². The van der Waals surface area contributed by atoms with Gasteiger partial charge in [0.2, 0.25) is 16.3 Å². The van der Waals surface area contributed by atoms with E-state index in [0.29, 0.717) is 30.9 Å². The van der Waals surface area contributed by atoms with Gasteiger partial charge in [-0.15, -0.1) is 0 Å². The molecular weight excluding hydrogens is 377 g/mol. The molecule has 3 fully saturated rings. The minimum Gasteiger partial charge on any atom is -0.724 e. The van der Waals surface area contributed by atoms with Gasteiger partial charge in [0.1, 0.15) is 5.84 Å². The number of piperidine rings is 1. The average molecular weight is 397 g/mol. The standard InChI is InChI=1S/C13H21N5O6S.Na/c1-16-5-4-8(6-16)12(19)15-11(14)10-3-2-9-7-17(10)13(20)18(9)24-25(21,22)23;/h8-10H,2-7H2,1H3,(H2,14,15,19)(H,21,22,23);/q;+1/p-1/t8-,9+,10-;/m0./s1. The SMILES string of the molecule is CN1CC[C@H](C(=O)NC(=N)[C@@H]2CC[C@@H]3CN2C(=O)N3OS(=O)(=O)[O-])C1.[Na+]. The maximum Gasteiger partial charge on any atom is 1.00 e. The van der Waals surface area contributed by atoms with E-state index in [2.05, 4.69) is 9.60 Å². The van der Waals surface area contributed by atoms with Crippen LogP contribution in [-0.2, 0) is 19.5 Å². The summed E-state index contributed by atoms with van der Waals surface area (Å²) in [6, 6.07) is -2.01. The number of urea groups is 1. The topological polar surface area (TPSA) is 146 Å². The van der Waals surface area contributed by atoms with Crippen LogP contribution in [0.15, 0.2) is 0 Å². The van der Waals surface area contributed by atoms with Gasteiger partial charge in [-0.25, -0.2) is 13.2 Å². The zero-order valence-electron chi connectivity index (χ0n) is 14.7. The minimum absolute atomic E-state index is 0. The molecule has 26 heavy (non-hydrogen) atoms. The molecule has 0 saturated carbocycles. The van der Waals surface area contributed by atoms with Gasteiger partial charge in [-0.05, 0) is 32.9 Å². The van der Waals surface area contributed by atoms with Crippen LogP contribution in [0.4, 0.5) is 4.79 Å². The number of hydroxylamine groups is 2. The molecule has 0 spiro atoms. The maximum atomic E-state index is 12.3. The van der Waals surface area contributed by atoms with Gasteiger partial charge < -0.3 is 19.7 Å². The third-order valence-corrected chi connectivity index (χ3v) is 5.19. The number of likely N-dealkylation sites (tertiary alicyclic amines) is 1. The predicted molar refractivity (Wildman–Crippen MR) is 83.0 cm³/mol. The fraction of sp³-hybridized carbons (Fsp3) is 0.769. The van der Waals surface area contributed by atoms with E-state index in [-0.39, 0.29) is 53.8 Å². The minimum atomic E-state index is -5.05. The summed E-state index contributed by atoms with van der Waals surface area (Å²) in [5.41, 5.74) is 0. The maximum absolute atomic E-state index is 12.3. The molecule has 3 aliphatic heterocycles. The van der Waals surface area contributed by atoms with Gasteiger partial charge >= 0.3 is 35.6 Å². The third kappa shape index (κ3) is 4.55. The van der Waals surface area contributed by atoms with E-state index in [0.717, 1.165) is 6.54 Å². The van der Waals surface area contributed by atoms with Crippen LogP contribution in [0.2, 0.25) is 0 Å². The van der Waals surface area contributed by atoms with Gasteiger partial charge in [0, 0.05) is 13.1 Å². The van der Waals surface area contributed by atoms with Crippen LogP contribution in [0.3, 0.4) is 0 Å². The van der Waals surface area contributed by atoms with Gasteiger partial charge in [0.15, 0.2) is 0 Å². The van der Waals surface area contributed by atoms with Crippen molar-refractivity contribution < 1.29 is 56.4 Å². The number of carbonyl (C=O) groups excluding carboxylic acids is 2. The van der Waals surface area contributed by atoms with E-state index in [1.54, 1.807) is 0 Å². The number of amidine groups is 1. The number of nitrogens with zero attached hydrogens (tertiary/aromatic N) is 3. The average Bonchev–Trinajstić information content (AvgIpc) is 3.05. The molecule has 3 saturated heterocycles. The molecule has 2 bridgehead atoms. The summed E-state index contributed by atoms with van der Waals surface area (Å²) in [7, 11) is -3.13. The molecule has 0 radical (unpaired) electrons. The zero-order chi connectivity index (χ0) is 18.4. The van der Waals surface area contributed by atoms with Crippen molar-refractivity contribution in [2.45, 2.75) is 31.3 Å². The number of nitrogens with one attached hydrogen (secondary N) is 2. The van der Waals surface area contributed by atoms with Crippen molar-refractivity contribution in [3.8, 4) is 0 Å². The Morgan fingerprint density at radius 2 is 2.00 bits per heavy atom. The molecular formula is C13H20N5NaO6S. The van der Waals surface area contributed by atoms with Gasteiger partial charge in [0.25, 0.3) is 0 Å². The van der Waals surface area contributed by atoms with Crippen molar-refractivity contribution in [2.75, 3.05) is 26.7 Å². The molecule has 140 valence electrons. The summed E-state index contributed by atoms with van der Waals surface area (Å²) in [6.07, 6.45) is 1.46. The van der Waals surface area contributed by atoms with Crippen LogP contribution in [0.5, 0.6) is 0 Å². The molecule has 3 heterocycles. The van der Waals surface area contributed by atoms with Crippen LogP contribution < -0.4 is 34.9 Å². The molecule has 3 rings (SSSR count). The number of amides is 3. The Balaban J connectivity index is 0.00000243. The molecule has 0 aromatic heterocycles. The van der Waals surface area contributed by atoms with Crippen LogP contribution in [0.1, 0.15) is 19.3 Å². The quantitative estimate of drug-likeness (QED) is 0.160. The Morgan fingerprint density at radius 1 is 1.31 bits per heavy atom. The summed E-state index contributed by atoms with van der Waals surface area (Å²) in [4.78, 5) is 27.8. The fourth-order valence-corrected chi connectivity index (χ4v) is 3.98. The van der Waals surface area contributed by atoms with E-state index in [9.17, 15) is 22.6 Å². The summed E-state index contributed by atoms with van der Waals surface area (Å²) < 4.78 is 36.5.